The second kappa shape index (κ2) is 11.9. The number of carboxylic acids is 1. The predicted octanol–water partition coefficient (Wildman–Crippen LogP) is -0.805. The number of nitrogen functional groups attached to an aromatic ring is 1. The SMILES string of the molecule is CO/N=C(\C(=O)N[C@@H]1C(=O)N2C(C(=O)[O-])=C(C[n+]3ccn4c(SCCCO)cccc43)CS[C@H]12)c1csc(N)n1. The summed E-state index contributed by atoms with van der Waals surface area (Å²) in [6.45, 7) is 0.358. The van der Waals surface area contributed by atoms with Crippen LogP contribution < -0.4 is 20.7 Å². The molecule has 0 unspecified atom stereocenters. The lowest BCUT2D eigenvalue weighted by Gasteiger charge is -2.50. The van der Waals surface area contributed by atoms with Gasteiger partial charge in [0.05, 0.1) is 11.7 Å². The molecule has 16 heteroatoms. The quantitative estimate of drug-likeness (QED) is 0.0627. The summed E-state index contributed by atoms with van der Waals surface area (Å²) in [6, 6.07) is 4.85. The minimum atomic E-state index is -1.46. The smallest absolute Gasteiger partial charge is 0.287 e. The van der Waals surface area contributed by atoms with Crippen LogP contribution in [0, 0.1) is 0 Å². The summed E-state index contributed by atoms with van der Waals surface area (Å²) in [7, 11) is 1.28. The number of carbonyl (C=O) groups excluding carboxylic acids is 3. The first-order chi connectivity index (χ1) is 19.3. The van der Waals surface area contributed by atoms with Crippen molar-refractivity contribution >= 4 is 69.1 Å². The number of nitrogens with two attached hydrogens (primary N) is 1. The van der Waals surface area contributed by atoms with Gasteiger partial charge in [0, 0.05) is 35.1 Å². The maximum atomic E-state index is 13.1. The lowest BCUT2D eigenvalue weighted by Crippen LogP contribution is -2.71. The normalized spacial score (nSPS) is 19.0. The molecule has 3 aromatic rings. The van der Waals surface area contributed by atoms with Crippen molar-refractivity contribution in [2.75, 3.05) is 31.0 Å². The van der Waals surface area contributed by atoms with E-state index in [-0.39, 0.29) is 35.4 Å². The number of aliphatic hydroxyl groups is 1. The Labute approximate surface area is 240 Å². The molecule has 0 bridgehead atoms. The van der Waals surface area contributed by atoms with Crippen molar-refractivity contribution in [3.63, 3.8) is 0 Å². The molecule has 13 nitrogen and oxygen atoms in total. The minimum absolute atomic E-state index is 0.121. The topological polar surface area (TPSA) is 179 Å². The number of nitrogens with one attached hydrogen (secondary N) is 1. The van der Waals surface area contributed by atoms with Gasteiger partial charge in [-0.2, -0.15) is 4.40 Å². The van der Waals surface area contributed by atoms with E-state index in [1.54, 1.807) is 17.1 Å². The molecule has 1 saturated heterocycles. The van der Waals surface area contributed by atoms with Crippen LogP contribution in [-0.4, -0.2) is 79.5 Å². The Hall–Kier alpha value is -3.60. The second-order valence-electron chi connectivity index (χ2n) is 8.74. The average molecular weight is 604 g/mol. The van der Waals surface area contributed by atoms with E-state index in [0.717, 1.165) is 27.8 Å². The highest BCUT2D eigenvalue weighted by atomic mass is 32.2. The summed E-state index contributed by atoms with van der Waals surface area (Å²) in [5, 5.41) is 29.8. The number of thioether (sulfide) groups is 2. The van der Waals surface area contributed by atoms with Crippen molar-refractivity contribution in [3.8, 4) is 0 Å². The summed E-state index contributed by atoms with van der Waals surface area (Å²) in [5.74, 6) is -1.63. The lowest BCUT2D eigenvalue weighted by molar-refractivity contribution is -0.662. The van der Waals surface area contributed by atoms with E-state index in [1.165, 1.54) is 23.8 Å². The molecule has 40 heavy (non-hydrogen) atoms. The van der Waals surface area contributed by atoms with Crippen LogP contribution in [0.5, 0.6) is 0 Å². The van der Waals surface area contributed by atoms with Crippen LogP contribution in [0.4, 0.5) is 5.13 Å². The summed E-state index contributed by atoms with van der Waals surface area (Å²) < 4.78 is 3.90. The van der Waals surface area contributed by atoms with Crippen molar-refractivity contribution in [2.24, 2.45) is 5.16 Å². The van der Waals surface area contributed by atoms with Crippen LogP contribution in [0.3, 0.4) is 0 Å². The summed E-state index contributed by atoms with van der Waals surface area (Å²) in [6.07, 6.45) is 4.42. The zero-order chi connectivity index (χ0) is 28.4. The Morgan fingerprint density at radius 1 is 1.43 bits per heavy atom. The summed E-state index contributed by atoms with van der Waals surface area (Å²) in [4.78, 5) is 48.3. The van der Waals surface area contributed by atoms with Crippen LogP contribution in [0.2, 0.25) is 0 Å². The first-order valence-corrected chi connectivity index (χ1v) is 15.0. The zero-order valence-electron chi connectivity index (χ0n) is 21.2. The number of aliphatic hydroxyl groups excluding tert-OH is 1. The molecule has 210 valence electrons. The number of pyridine rings is 1. The third-order valence-corrected chi connectivity index (χ3v) is 9.40. The minimum Gasteiger partial charge on any atom is -0.543 e. The van der Waals surface area contributed by atoms with Gasteiger partial charge in [-0.05, 0) is 18.6 Å². The van der Waals surface area contributed by atoms with Crippen molar-refractivity contribution in [1.82, 2.24) is 19.6 Å². The van der Waals surface area contributed by atoms with E-state index in [1.807, 2.05) is 39.6 Å². The molecule has 0 radical (unpaired) electrons. The highest BCUT2D eigenvalue weighted by Gasteiger charge is 2.53. The fourth-order valence-electron chi connectivity index (χ4n) is 4.49. The van der Waals surface area contributed by atoms with Gasteiger partial charge in [0.25, 0.3) is 17.5 Å². The first kappa shape index (κ1) is 27.9. The number of amides is 2. The molecule has 2 aliphatic rings. The van der Waals surface area contributed by atoms with Gasteiger partial charge in [-0.1, -0.05) is 16.9 Å². The van der Waals surface area contributed by atoms with Crippen molar-refractivity contribution in [2.45, 2.75) is 29.4 Å². The summed E-state index contributed by atoms with van der Waals surface area (Å²) in [5.41, 5.74) is 6.90. The number of hydrogen-bond acceptors (Lipinski definition) is 12. The number of rotatable bonds is 11. The van der Waals surface area contributed by atoms with Gasteiger partial charge >= 0.3 is 0 Å². The number of anilines is 1. The predicted molar refractivity (Wildman–Crippen MR) is 147 cm³/mol. The van der Waals surface area contributed by atoms with Crippen molar-refractivity contribution in [3.05, 3.63) is 52.9 Å². The Morgan fingerprint density at radius 2 is 2.25 bits per heavy atom. The van der Waals surface area contributed by atoms with Gasteiger partial charge in [0.1, 0.15) is 43.2 Å². The van der Waals surface area contributed by atoms with E-state index in [2.05, 4.69) is 15.5 Å². The molecule has 3 aromatic heterocycles. The number of nitrogens with zero attached hydrogens (tertiary/aromatic N) is 5. The van der Waals surface area contributed by atoms with Crippen LogP contribution in [-0.2, 0) is 25.8 Å². The molecular formula is C24H25N7O6S3. The first-order valence-electron chi connectivity index (χ1n) is 12.1. The van der Waals surface area contributed by atoms with Gasteiger partial charge in [0.15, 0.2) is 15.9 Å². The number of carbonyl (C=O) groups is 3. The van der Waals surface area contributed by atoms with Gasteiger partial charge < -0.3 is 30.9 Å². The van der Waals surface area contributed by atoms with Crippen molar-refractivity contribution in [1.29, 1.82) is 0 Å². The Morgan fingerprint density at radius 3 is 2.95 bits per heavy atom. The molecule has 0 spiro atoms. The number of hydrogen-bond donors (Lipinski definition) is 3. The molecule has 2 atom stereocenters. The molecular weight excluding hydrogens is 579 g/mol. The third-order valence-electron chi connectivity index (χ3n) is 6.26. The Balaban J connectivity index is 1.35. The number of β-lactam (4-membered cyclic amide) rings is 1. The second-order valence-corrected chi connectivity index (χ2v) is 11.8. The molecule has 5 rings (SSSR count). The molecule has 0 saturated carbocycles. The Kier molecular flexibility index (Phi) is 8.30. The largest absolute Gasteiger partial charge is 0.543 e. The van der Waals surface area contributed by atoms with Crippen LogP contribution in [0.1, 0.15) is 12.1 Å². The molecule has 0 aliphatic carbocycles. The van der Waals surface area contributed by atoms with E-state index >= 15 is 0 Å². The van der Waals surface area contributed by atoms with Crippen LogP contribution >= 0.6 is 34.9 Å². The standard InChI is InChI=1S/C24H25N7O6S3/c1-37-28-17(14-12-40-24(25)26-14)20(33)27-18-21(34)31-19(23(35)36)13(11-39-22(18)31)10-29-6-7-30-15(29)4-2-5-16(30)38-9-3-8-32/h2,4-7,12,18,22,32H,3,8-11H2,1H3,(H3-,25,26,27,33,35,36)/b28-17-/t18-,22-/m1/s1. The zero-order valence-corrected chi connectivity index (χ0v) is 23.6. The molecule has 1 fully saturated rings. The van der Waals surface area contributed by atoms with Crippen LogP contribution in [0.15, 0.2) is 57.4 Å². The van der Waals surface area contributed by atoms with Gasteiger partial charge in [0.2, 0.25) is 0 Å². The van der Waals surface area contributed by atoms with E-state index in [0.29, 0.717) is 17.7 Å². The fourth-order valence-corrected chi connectivity index (χ4v) is 7.32. The fraction of sp³-hybridized carbons (Fsp3) is 0.333. The molecule has 2 aliphatic heterocycles. The number of oxime groups is 1. The maximum absolute atomic E-state index is 13.1. The lowest BCUT2D eigenvalue weighted by atomic mass is 10.0. The van der Waals surface area contributed by atoms with E-state index < -0.39 is 29.2 Å². The Bertz CT molecular complexity index is 1530. The van der Waals surface area contributed by atoms with Crippen molar-refractivity contribution < 1.29 is 34.0 Å². The van der Waals surface area contributed by atoms with E-state index in [9.17, 15) is 19.5 Å². The maximum Gasteiger partial charge on any atom is 0.287 e. The number of aliphatic carboxylic acids is 1. The van der Waals surface area contributed by atoms with Gasteiger partial charge in [-0.25, -0.2) is 9.55 Å². The number of fused-ring (bicyclic) bond motifs is 2. The average Bonchev–Trinajstić information content (AvgIpc) is 3.56. The highest BCUT2D eigenvalue weighted by molar-refractivity contribution is 8.00. The van der Waals surface area contributed by atoms with E-state index in [4.69, 9.17) is 15.7 Å². The number of carboxylic acid groups (broad SMARTS) is 1. The number of thiazole rings is 1. The highest BCUT2D eigenvalue weighted by Crippen LogP contribution is 2.40. The summed E-state index contributed by atoms with van der Waals surface area (Å²) >= 11 is 4.09. The van der Waals surface area contributed by atoms with Gasteiger partial charge in [-0.15, -0.1) is 23.1 Å². The molecule has 2 amide bonds. The van der Waals surface area contributed by atoms with Crippen LogP contribution in [0.25, 0.3) is 5.65 Å². The number of imidazole rings is 1. The number of aromatic nitrogens is 3. The third kappa shape index (κ3) is 5.26. The monoisotopic (exact) mass is 603 g/mol. The molecule has 4 N–H and O–H groups in total. The molecule has 5 heterocycles. The van der Waals surface area contributed by atoms with Gasteiger partial charge in [-0.3, -0.25) is 14.5 Å². The molecule has 0 aromatic carbocycles.